The Bertz CT molecular complexity index is 624. The van der Waals surface area contributed by atoms with Crippen molar-refractivity contribution in [2.45, 2.75) is 39.8 Å². The van der Waals surface area contributed by atoms with Crippen LogP contribution in [0.25, 0.3) is 0 Å². The molecule has 0 bridgehead atoms. The standard InChI is InChI=1S/C13H18N4OS/c1-9-16-10(8-19-9)7-15-11-12(18)17(6-5-14-11)13(2,3)4/h5-6,8H,7H2,1-4H3,(H,14,15). The highest BCUT2D eigenvalue weighted by Gasteiger charge is 2.16. The van der Waals surface area contributed by atoms with Crippen molar-refractivity contribution in [3.8, 4) is 0 Å². The molecular formula is C13H18N4OS. The monoisotopic (exact) mass is 278 g/mol. The molecule has 0 atom stereocenters. The highest BCUT2D eigenvalue weighted by atomic mass is 32.1. The van der Waals surface area contributed by atoms with E-state index in [1.54, 1.807) is 28.3 Å². The van der Waals surface area contributed by atoms with Gasteiger partial charge < -0.3 is 9.88 Å². The number of hydrogen-bond donors (Lipinski definition) is 1. The van der Waals surface area contributed by atoms with E-state index < -0.39 is 0 Å². The molecule has 2 heterocycles. The van der Waals surface area contributed by atoms with Crippen molar-refractivity contribution >= 4 is 17.2 Å². The summed E-state index contributed by atoms with van der Waals surface area (Å²) in [4.78, 5) is 20.7. The van der Waals surface area contributed by atoms with E-state index in [0.717, 1.165) is 10.7 Å². The van der Waals surface area contributed by atoms with Crippen LogP contribution in [0.1, 0.15) is 31.5 Å². The van der Waals surface area contributed by atoms with Gasteiger partial charge >= 0.3 is 0 Å². The molecule has 0 amide bonds. The molecule has 5 nitrogen and oxygen atoms in total. The highest BCUT2D eigenvalue weighted by molar-refractivity contribution is 7.09. The van der Waals surface area contributed by atoms with Gasteiger partial charge in [-0.2, -0.15) is 0 Å². The van der Waals surface area contributed by atoms with Crippen LogP contribution in [0.15, 0.2) is 22.6 Å². The number of thiazole rings is 1. The summed E-state index contributed by atoms with van der Waals surface area (Å²) in [5.74, 6) is 0.364. The Morgan fingerprint density at radius 1 is 1.42 bits per heavy atom. The maximum Gasteiger partial charge on any atom is 0.293 e. The van der Waals surface area contributed by atoms with Crippen molar-refractivity contribution < 1.29 is 0 Å². The third-order valence-corrected chi connectivity index (χ3v) is 3.49. The van der Waals surface area contributed by atoms with Crippen LogP contribution in [0, 0.1) is 6.92 Å². The minimum Gasteiger partial charge on any atom is -0.360 e. The predicted octanol–water partition coefficient (Wildman–Crippen LogP) is 2.38. The van der Waals surface area contributed by atoms with Gasteiger partial charge in [0.1, 0.15) is 0 Å². The topological polar surface area (TPSA) is 59.8 Å². The molecule has 0 spiro atoms. The average molecular weight is 278 g/mol. The van der Waals surface area contributed by atoms with Gasteiger partial charge in [0.25, 0.3) is 5.56 Å². The fourth-order valence-corrected chi connectivity index (χ4v) is 2.34. The number of hydrogen-bond acceptors (Lipinski definition) is 5. The van der Waals surface area contributed by atoms with Gasteiger partial charge in [-0.15, -0.1) is 11.3 Å². The second kappa shape index (κ2) is 5.13. The van der Waals surface area contributed by atoms with E-state index in [4.69, 9.17) is 0 Å². The van der Waals surface area contributed by atoms with E-state index in [1.807, 2.05) is 33.1 Å². The Labute approximate surface area is 116 Å². The van der Waals surface area contributed by atoms with Crippen LogP contribution in [-0.4, -0.2) is 14.5 Å². The Balaban J connectivity index is 2.20. The first-order valence-electron chi connectivity index (χ1n) is 6.11. The third-order valence-electron chi connectivity index (χ3n) is 2.67. The minimum absolute atomic E-state index is 0.109. The normalized spacial score (nSPS) is 11.6. The Kier molecular flexibility index (Phi) is 3.71. The minimum atomic E-state index is -0.256. The van der Waals surface area contributed by atoms with Crippen LogP contribution < -0.4 is 10.9 Å². The van der Waals surface area contributed by atoms with E-state index >= 15 is 0 Å². The third kappa shape index (κ3) is 3.20. The molecule has 19 heavy (non-hydrogen) atoms. The molecule has 0 saturated carbocycles. The molecule has 2 aromatic rings. The second-order valence-electron chi connectivity index (χ2n) is 5.33. The van der Waals surface area contributed by atoms with Gasteiger partial charge in [0.15, 0.2) is 5.82 Å². The summed E-state index contributed by atoms with van der Waals surface area (Å²) in [5.41, 5.74) is 0.560. The first-order valence-corrected chi connectivity index (χ1v) is 6.99. The number of aromatic nitrogens is 3. The van der Waals surface area contributed by atoms with Crippen molar-refractivity contribution in [1.29, 1.82) is 0 Å². The van der Waals surface area contributed by atoms with Gasteiger partial charge in [-0.1, -0.05) is 0 Å². The second-order valence-corrected chi connectivity index (χ2v) is 6.40. The van der Waals surface area contributed by atoms with Gasteiger partial charge in [0.2, 0.25) is 0 Å². The molecule has 6 heteroatoms. The van der Waals surface area contributed by atoms with Gasteiger partial charge in [-0.25, -0.2) is 9.97 Å². The molecule has 2 aromatic heterocycles. The first kappa shape index (κ1) is 13.7. The maximum absolute atomic E-state index is 12.3. The van der Waals surface area contributed by atoms with Crippen LogP contribution in [0.3, 0.4) is 0 Å². The Morgan fingerprint density at radius 2 is 2.16 bits per heavy atom. The summed E-state index contributed by atoms with van der Waals surface area (Å²) in [6.07, 6.45) is 3.35. The molecule has 0 aliphatic carbocycles. The molecule has 0 radical (unpaired) electrons. The Hall–Kier alpha value is -1.69. The van der Waals surface area contributed by atoms with Crippen molar-refractivity contribution in [2.24, 2.45) is 0 Å². The van der Waals surface area contributed by atoms with Gasteiger partial charge in [0, 0.05) is 23.3 Å². The number of nitrogens with one attached hydrogen (secondary N) is 1. The molecule has 1 N–H and O–H groups in total. The molecule has 0 aromatic carbocycles. The lowest BCUT2D eigenvalue weighted by Crippen LogP contribution is -2.35. The summed E-state index contributed by atoms with van der Waals surface area (Å²) in [6.45, 7) is 8.44. The fraction of sp³-hybridized carbons (Fsp3) is 0.462. The summed E-state index contributed by atoms with van der Waals surface area (Å²) in [6, 6.07) is 0. The van der Waals surface area contributed by atoms with Gasteiger partial charge in [-0.05, 0) is 27.7 Å². The first-order chi connectivity index (χ1) is 8.88. The van der Waals surface area contributed by atoms with Crippen molar-refractivity contribution in [1.82, 2.24) is 14.5 Å². The zero-order valence-electron chi connectivity index (χ0n) is 11.6. The molecule has 0 aliphatic rings. The lowest BCUT2D eigenvalue weighted by molar-refractivity contribution is 0.383. The van der Waals surface area contributed by atoms with Crippen LogP contribution in [0.5, 0.6) is 0 Å². The molecule has 0 aliphatic heterocycles. The number of anilines is 1. The molecule has 102 valence electrons. The van der Waals surface area contributed by atoms with E-state index in [1.165, 1.54) is 0 Å². The zero-order valence-corrected chi connectivity index (χ0v) is 12.4. The largest absolute Gasteiger partial charge is 0.360 e. The van der Waals surface area contributed by atoms with Crippen molar-refractivity contribution in [3.05, 3.63) is 38.8 Å². The van der Waals surface area contributed by atoms with E-state index in [0.29, 0.717) is 12.4 Å². The number of nitrogens with zero attached hydrogens (tertiary/aromatic N) is 3. The van der Waals surface area contributed by atoms with Gasteiger partial charge in [-0.3, -0.25) is 4.79 Å². The van der Waals surface area contributed by atoms with E-state index in [9.17, 15) is 4.79 Å². The molecule has 0 saturated heterocycles. The van der Waals surface area contributed by atoms with Crippen LogP contribution in [0.4, 0.5) is 5.82 Å². The summed E-state index contributed by atoms with van der Waals surface area (Å²) >= 11 is 1.60. The van der Waals surface area contributed by atoms with Gasteiger partial charge in [0.05, 0.1) is 17.2 Å². The zero-order chi connectivity index (χ0) is 14.0. The smallest absolute Gasteiger partial charge is 0.293 e. The molecule has 0 unspecified atom stereocenters. The summed E-state index contributed by atoms with van der Waals surface area (Å²) in [7, 11) is 0. The SMILES string of the molecule is Cc1nc(CNc2nccn(C(C)(C)C)c2=O)cs1. The molecule has 0 fully saturated rings. The number of aryl methyl sites for hydroxylation is 1. The maximum atomic E-state index is 12.3. The quantitative estimate of drug-likeness (QED) is 0.936. The molecular weight excluding hydrogens is 260 g/mol. The summed E-state index contributed by atoms with van der Waals surface area (Å²) in [5, 5.41) is 6.05. The van der Waals surface area contributed by atoms with E-state index in [-0.39, 0.29) is 11.1 Å². The average Bonchev–Trinajstić information content (AvgIpc) is 2.72. The van der Waals surface area contributed by atoms with Crippen LogP contribution >= 0.6 is 11.3 Å². The van der Waals surface area contributed by atoms with Crippen molar-refractivity contribution in [2.75, 3.05) is 5.32 Å². The Morgan fingerprint density at radius 3 is 2.74 bits per heavy atom. The number of rotatable bonds is 3. The lowest BCUT2D eigenvalue weighted by Gasteiger charge is -2.22. The van der Waals surface area contributed by atoms with Crippen LogP contribution in [0.2, 0.25) is 0 Å². The van der Waals surface area contributed by atoms with E-state index in [2.05, 4.69) is 15.3 Å². The summed E-state index contributed by atoms with van der Waals surface area (Å²) < 4.78 is 1.68. The predicted molar refractivity (Wildman–Crippen MR) is 77.7 cm³/mol. The lowest BCUT2D eigenvalue weighted by atomic mass is 10.1. The highest BCUT2D eigenvalue weighted by Crippen LogP contribution is 2.12. The fourth-order valence-electron chi connectivity index (χ4n) is 1.72. The van der Waals surface area contributed by atoms with Crippen molar-refractivity contribution in [3.63, 3.8) is 0 Å². The van der Waals surface area contributed by atoms with Crippen LogP contribution in [-0.2, 0) is 12.1 Å². The molecule has 2 rings (SSSR count).